The van der Waals surface area contributed by atoms with E-state index in [-0.39, 0.29) is 18.6 Å². The van der Waals surface area contributed by atoms with Crippen LogP contribution in [0.1, 0.15) is 19.8 Å². The van der Waals surface area contributed by atoms with Gasteiger partial charge in [-0.3, -0.25) is 4.79 Å². The largest absolute Gasteiger partial charge is 0.294 e. The Morgan fingerprint density at radius 3 is 2.27 bits per heavy atom. The van der Waals surface area contributed by atoms with Gasteiger partial charge in [-0.1, -0.05) is 6.58 Å². The number of hydrogen-bond acceptors (Lipinski definition) is 1. The van der Waals surface area contributed by atoms with Gasteiger partial charge in [-0.05, 0) is 12.5 Å². The van der Waals surface area contributed by atoms with Crippen LogP contribution < -0.4 is 0 Å². The van der Waals surface area contributed by atoms with Crippen LogP contribution in [0.25, 0.3) is 0 Å². The number of Topliss-reactive ketones (excluding diaryl/α,β-unsaturated/α-hetero) is 1. The highest BCUT2D eigenvalue weighted by molar-refractivity contribution is 5.96. The third kappa shape index (κ3) is 1.64. The van der Waals surface area contributed by atoms with Crippen LogP contribution in [0.3, 0.4) is 0 Å². The van der Waals surface area contributed by atoms with Crippen LogP contribution in [0.15, 0.2) is 12.2 Å². The van der Waals surface area contributed by atoms with Crippen LogP contribution in [0, 0.1) is 5.92 Å². The lowest BCUT2D eigenvalue weighted by Gasteiger charge is -2.33. The molecule has 0 N–H and O–H groups in total. The van der Waals surface area contributed by atoms with Crippen molar-refractivity contribution >= 4 is 5.78 Å². The van der Waals surface area contributed by atoms with Crippen LogP contribution in [-0.4, -0.2) is 11.7 Å². The van der Waals surface area contributed by atoms with E-state index in [0.29, 0.717) is 5.57 Å². The number of ketones is 1. The smallest absolute Gasteiger partial charge is 0.249 e. The summed E-state index contributed by atoms with van der Waals surface area (Å²) in [6.45, 7) is 4.97. The molecule has 0 unspecified atom stereocenters. The highest BCUT2D eigenvalue weighted by atomic mass is 19.3. The van der Waals surface area contributed by atoms with Crippen LogP contribution >= 0.6 is 0 Å². The Bertz CT molecular complexity index is 200. The predicted molar refractivity (Wildman–Crippen MR) is 37.5 cm³/mol. The Labute approximate surface area is 64.1 Å². The number of carbonyl (C=O) groups is 1. The molecular formula is C8H10F2O. The predicted octanol–water partition coefficient (Wildman–Crippen LogP) is 2.18. The highest BCUT2D eigenvalue weighted by Crippen LogP contribution is 2.43. The lowest BCUT2D eigenvalue weighted by Crippen LogP contribution is -2.40. The Balaban J connectivity index is 2.45. The van der Waals surface area contributed by atoms with Crippen molar-refractivity contribution in [1.29, 1.82) is 0 Å². The summed E-state index contributed by atoms with van der Waals surface area (Å²) < 4.78 is 24.5. The normalized spacial score (nSPS) is 22.5. The lowest BCUT2D eigenvalue weighted by molar-refractivity contribution is -0.144. The SMILES string of the molecule is C=C(C)C(=O)C1CC(F)(F)C1. The standard InChI is InChI=1S/C8H10F2O/c1-5(2)7(11)6-3-8(9,10)4-6/h6H,1,3-4H2,2H3. The van der Waals surface area contributed by atoms with E-state index in [0.717, 1.165) is 0 Å². The van der Waals surface area contributed by atoms with Gasteiger partial charge in [0.1, 0.15) is 0 Å². The summed E-state index contributed by atoms with van der Waals surface area (Å²) in [7, 11) is 0. The molecule has 0 atom stereocenters. The van der Waals surface area contributed by atoms with Gasteiger partial charge in [0.15, 0.2) is 5.78 Å². The molecule has 3 heteroatoms. The van der Waals surface area contributed by atoms with Crippen LogP contribution in [0.2, 0.25) is 0 Å². The maximum atomic E-state index is 12.2. The summed E-state index contributed by atoms with van der Waals surface area (Å²) >= 11 is 0. The number of halogens is 2. The molecule has 0 radical (unpaired) electrons. The fraction of sp³-hybridized carbons (Fsp3) is 0.625. The second kappa shape index (κ2) is 2.40. The van der Waals surface area contributed by atoms with Gasteiger partial charge in [0.05, 0.1) is 0 Å². The van der Waals surface area contributed by atoms with Crippen molar-refractivity contribution in [1.82, 2.24) is 0 Å². The molecule has 0 spiro atoms. The fourth-order valence-electron chi connectivity index (χ4n) is 1.20. The zero-order valence-corrected chi connectivity index (χ0v) is 6.36. The van der Waals surface area contributed by atoms with E-state index in [1.54, 1.807) is 6.92 Å². The molecule has 0 heterocycles. The van der Waals surface area contributed by atoms with Crippen LogP contribution in [0.4, 0.5) is 8.78 Å². The molecule has 1 saturated carbocycles. The van der Waals surface area contributed by atoms with Crippen molar-refractivity contribution in [2.75, 3.05) is 0 Å². The van der Waals surface area contributed by atoms with E-state index in [1.807, 2.05) is 0 Å². The van der Waals surface area contributed by atoms with E-state index >= 15 is 0 Å². The summed E-state index contributed by atoms with van der Waals surface area (Å²) in [5.41, 5.74) is 0.380. The topological polar surface area (TPSA) is 17.1 Å². The molecule has 0 aromatic rings. The van der Waals surface area contributed by atoms with Gasteiger partial charge in [0.25, 0.3) is 0 Å². The summed E-state index contributed by atoms with van der Waals surface area (Å²) in [4.78, 5) is 11.0. The second-order valence-corrected chi connectivity index (χ2v) is 3.11. The summed E-state index contributed by atoms with van der Waals surface area (Å²) in [5.74, 6) is -3.28. The Hall–Kier alpha value is -0.730. The first-order valence-electron chi connectivity index (χ1n) is 3.50. The molecule has 0 aromatic heterocycles. The molecule has 1 aliphatic carbocycles. The molecule has 0 aromatic carbocycles. The third-order valence-corrected chi connectivity index (χ3v) is 1.88. The van der Waals surface area contributed by atoms with E-state index in [2.05, 4.69) is 6.58 Å². The second-order valence-electron chi connectivity index (χ2n) is 3.11. The minimum Gasteiger partial charge on any atom is -0.294 e. The van der Waals surface area contributed by atoms with Gasteiger partial charge >= 0.3 is 0 Å². The van der Waals surface area contributed by atoms with E-state index in [4.69, 9.17) is 0 Å². The fourth-order valence-corrected chi connectivity index (χ4v) is 1.20. The molecule has 11 heavy (non-hydrogen) atoms. The van der Waals surface area contributed by atoms with E-state index in [9.17, 15) is 13.6 Å². The van der Waals surface area contributed by atoms with E-state index in [1.165, 1.54) is 0 Å². The molecule has 0 amide bonds. The van der Waals surface area contributed by atoms with Crippen molar-refractivity contribution in [2.45, 2.75) is 25.7 Å². The lowest BCUT2D eigenvalue weighted by atomic mass is 9.77. The minimum atomic E-state index is -2.60. The third-order valence-electron chi connectivity index (χ3n) is 1.88. The van der Waals surface area contributed by atoms with Gasteiger partial charge in [0, 0.05) is 18.8 Å². The number of alkyl halides is 2. The first-order chi connectivity index (χ1) is 4.92. The Kier molecular flexibility index (Phi) is 1.82. The average molecular weight is 160 g/mol. The maximum absolute atomic E-state index is 12.2. The zero-order chi connectivity index (χ0) is 8.65. The van der Waals surface area contributed by atoms with Crippen molar-refractivity contribution in [3.8, 4) is 0 Å². The number of rotatable bonds is 2. The van der Waals surface area contributed by atoms with Gasteiger partial charge in [0.2, 0.25) is 5.92 Å². The molecule has 0 bridgehead atoms. The average Bonchev–Trinajstić information content (AvgIpc) is 1.80. The van der Waals surface area contributed by atoms with Gasteiger partial charge in [-0.25, -0.2) is 8.78 Å². The molecule has 62 valence electrons. The number of allylic oxidation sites excluding steroid dienone is 1. The molecule has 1 nitrogen and oxygen atoms in total. The molecule has 1 rings (SSSR count). The van der Waals surface area contributed by atoms with Crippen LogP contribution in [-0.2, 0) is 4.79 Å². The maximum Gasteiger partial charge on any atom is 0.249 e. The van der Waals surface area contributed by atoms with Crippen molar-refractivity contribution in [3.05, 3.63) is 12.2 Å². The van der Waals surface area contributed by atoms with Crippen molar-refractivity contribution in [2.24, 2.45) is 5.92 Å². The molecule has 0 aliphatic heterocycles. The van der Waals surface area contributed by atoms with Crippen molar-refractivity contribution < 1.29 is 13.6 Å². The Morgan fingerprint density at radius 1 is 1.55 bits per heavy atom. The molecule has 1 fully saturated rings. The minimum absolute atomic E-state index is 0.212. The number of carbonyl (C=O) groups excluding carboxylic acids is 1. The molecule has 0 saturated heterocycles. The summed E-state index contributed by atoms with van der Waals surface area (Å²) in [6, 6.07) is 0. The quantitative estimate of drug-likeness (QED) is 0.566. The summed E-state index contributed by atoms with van der Waals surface area (Å²) in [5, 5.41) is 0. The van der Waals surface area contributed by atoms with Gasteiger partial charge in [-0.2, -0.15) is 0 Å². The van der Waals surface area contributed by atoms with Gasteiger partial charge < -0.3 is 0 Å². The van der Waals surface area contributed by atoms with Crippen LogP contribution in [0.5, 0.6) is 0 Å². The van der Waals surface area contributed by atoms with Crippen molar-refractivity contribution in [3.63, 3.8) is 0 Å². The van der Waals surface area contributed by atoms with E-state index < -0.39 is 11.8 Å². The number of hydrogen-bond donors (Lipinski definition) is 0. The molecular weight excluding hydrogens is 150 g/mol. The van der Waals surface area contributed by atoms with Gasteiger partial charge in [-0.15, -0.1) is 0 Å². The first-order valence-corrected chi connectivity index (χ1v) is 3.50. The first kappa shape index (κ1) is 8.37. The Morgan fingerprint density at radius 2 is 2.00 bits per heavy atom. The highest BCUT2D eigenvalue weighted by Gasteiger charge is 2.48. The monoisotopic (exact) mass is 160 g/mol. The molecule has 1 aliphatic rings. The summed E-state index contributed by atoms with van der Waals surface area (Å²) in [6.07, 6.45) is -0.586. The zero-order valence-electron chi connectivity index (χ0n) is 6.36.